The summed E-state index contributed by atoms with van der Waals surface area (Å²) in [5.74, 6) is 1.50. The molecule has 0 spiro atoms. The van der Waals surface area contributed by atoms with E-state index in [1.165, 1.54) is 12.1 Å². The Morgan fingerprint density at radius 2 is 2.00 bits per heavy atom. The number of guanidine groups is 1. The lowest BCUT2D eigenvalue weighted by Gasteiger charge is -2.11. The van der Waals surface area contributed by atoms with Crippen molar-refractivity contribution in [1.82, 2.24) is 25.6 Å². The molecule has 4 rings (SSSR count). The molecule has 0 saturated heterocycles. The van der Waals surface area contributed by atoms with E-state index in [4.69, 9.17) is 0 Å². The zero-order valence-electron chi connectivity index (χ0n) is 16.4. The van der Waals surface area contributed by atoms with E-state index >= 15 is 0 Å². The number of nitrogens with one attached hydrogen (secondary N) is 4. The molecule has 2 aromatic heterocycles. The van der Waals surface area contributed by atoms with Crippen molar-refractivity contribution < 1.29 is 4.39 Å². The minimum absolute atomic E-state index is 0.227. The summed E-state index contributed by atoms with van der Waals surface area (Å²) in [5.41, 5.74) is 4.02. The Bertz CT molecular complexity index is 1090. The number of benzene rings is 2. The van der Waals surface area contributed by atoms with E-state index in [1.54, 1.807) is 0 Å². The van der Waals surface area contributed by atoms with Crippen LogP contribution in [-0.4, -0.2) is 40.5 Å². The van der Waals surface area contributed by atoms with Crippen molar-refractivity contribution in [3.63, 3.8) is 0 Å². The summed E-state index contributed by atoms with van der Waals surface area (Å²) in [4.78, 5) is 15.7. The highest BCUT2D eigenvalue weighted by atomic mass is 19.1. The highest BCUT2D eigenvalue weighted by Crippen LogP contribution is 2.19. The highest BCUT2D eigenvalue weighted by molar-refractivity contribution is 5.83. The second kappa shape index (κ2) is 8.77. The summed E-state index contributed by atoms with van der Waals surface area (Å²) >= 11 is 0. The molecule has 0 fully saturated rings. The summed E-state index contributed by atoms with van der Waals surface area (Å²) in [6.07, 6.45) is 3.51. The number of H-pyrrole nitrogens is 2. The smallest absolute Gasteiger partial charge is 0.191 e. The van der Waals surface area contributed by atoms with Crippen molar-refractivity contribution in [3.05, 3.63) is 65.9 Å². The molecule has 4 N–H and O–H groups in total. The minimum atomic E-state index is -0.227. The summed E-state index contributed by atoms with van der Waals surface area (Å²) < 4.78 is 13.3. The van der Waals surface area contributed by atoms with Gasteiger partial charge in [-0.15, -0.1) is 0 Å². The van der Waals surface area contributed by atoms with Gasteiger partial charge in [-0.2, -0.15) is 0 Å². The Morgan fingerprint density at radius 1 is 1.10 bits per heavy atom. The second-order valence-electron chi connectivity index (χ2n) is 6.89. The number of aromatic nitrogens is 3. The standard InChI is InChI=1S/C22H25FN6/c1-2-24-22(26-12-10-21-28-18-5-3-4-6-19(18)29-21)25-11-9-15-14-27-20-13-16(23)7-8-17(15)20/h3-8,13-14,27H,2,9-12H2,1H3,(H,28,29)(H2,24,25,26). The number of fused-ring (bicyclic) bond motifs is 2. The van der Waals surface area contributed by atoms with Crippen molar-refractivity contribution in [2.75, 3.05) is 19.6 Å². The van der Waals surface area contributed by atoms with Crippen LogP contribution in [-0.2, 0) is 12.8 Å². The fourth-order valence-electron chi connectivity index (χ4n) is 3.42. The van der Waals surface area contributed by atoms with Gasteiger partial charge in [0.15, 0.2) is 5.96 Å². The van der Waals surface area contributed by atoms with E-state index in [1.807, 2.05) is 43.5 Å². The lowest BCUT2D eigenvalue weighted by atomic mass is 10.1. The fraction of sp³-hybridized carbons (Fsp3) is 0.273. The molecule has 29 heavy (non-hydrogen) atoms. The van der Waals surface area contributed by atoms with E-state index in [-0.39, 0.29) is 5.82 Å². The van der Waals surface area contributed by atoms with Gasteiger partial charge in [0.25, 0.3) is 0 Å². The van der Waals surface area contributed by atoms with Gasteiger partial charge in [0.05, 0.1) is 11.0 Å². The molecule has 0 aliphatic heterocycles. The summed E-state index contributed by atoms with van der Waals surface area (Å²) in [5, 5.41) is 7.69. The van der Waals surface area contributed by atoms with Crippen LogP contribution in [0.25, 0.3) is 21.9 Å². The summed E-state index contributed by atoms with van der Waals surface area (Å²) in [6, 6.07) is 12.9. The quantitative estimate of drug-likeness (QED) is 0.287. The Kier molecular flexibility index (Phi) is 5.74. The number of para-hydroxylation sites is 2. The molecule has 2 heterocycles. The number of hydrogen-bond acceptors (Lipinski definition) is 2. The average molecular weight is 392 g/mol. The molecule has 0 aliphatic carbocycles. The van der Waals surface area contributed by atoms with Crippen LogP contribution in [0.4, 0.5) is 4.39 Å². The summed E-state index contributed by atoms with van der Waals surface area (Å²) in [6.45, 7) is 4.22. The first kappa shape index (κ1) is 19.0. The van der Waals surface area contributed by atoms with Crippen molar-refractivity contribution in [2.45, 2.75) is 19.8 Å². The number of halogens is 1. The van der Waals surface area contributed by atoms with Crippen LogP contribution >= 0.6 is 0 Å². The predicted molar refractivity (Wildman–Crippen MR) is 116 cm³/mol. The molecular weight excluding hydrogens is 367 g/mol. The van der Waals surface area contributed by atoms with Gasteiger partial charge in [0.2, 0.25) is 0 Å². The number of nitrogens with zero attached hydrogens (tertiary/aromatic N) is 2. The normalized spacial score (nSPS) is 12.0. The van der Waals surface area contributed by atoms with Crippen molar-refractivity contribution >= 4 is 27.9 Å². The maximum Gasteiger partial charge on any atom is 0.191 e. The highest BCUT2D eigenvalue weighted by Gasteiger charge is 2.06. The Morgan fingerprint density at radius 3 is 2.86 bits per heavy atom. The van der Waals surface area contributed by atoms with Crippen LogP contribution in [0.5, 0.6) is 0 Å². The third-order valence-corrected chi connectivity index (χ3v) is 4.82. The molecule has 0 radical (unpaired) electrons. The SMILES string of the molecule is CCNC(=NCCc1nc2ccccc2[nH]1)NCCc1c[nH]c2cc(F)ccc12. The van der Waals surface area contributed by atoms with Gasteiger partial charge >= 0.3 is 0 Å². The first-order valence-corrected chi connectivity index (χ1v) is 9.94. The number of aliphatic imine (C=N–C) groups is 1. The minimum Gasteiger partial charge on any atom is -0.361 e. The summed E-state index contributed by atoms with van der Waals surface area (Å²) in [7, 11) is 0. The average Bonchev–Trinajstić information content (AvgIpc) is 3.31. The largest absolute Gasteiger partial charge is 0.361 e. The van der Waals surface area contributed by atoms with E-state index in [0.29, 0.717) is 6.54 Å². The molecule has 0 aliphatic rings. The first-order chi connectivity index (χ1) is 14.2. The molecule has 0 bridgehead atoms. The van der Waals surface area contributed by atoms with E-state index in [9.17, 15) is 4.39 Å². The first-order valence-electron chi connectivity index (χ1n) is 9.94. The zero-order chi connectivity index (χ0) is 20.1. The maximum absolute atomic E-state index is 13.3. The van der Waals surface area contributed by atoms with Gasteiger partial charge < -0.3 is 20.6 Å². The lowest BCUT2D eigenvalue weighted by Crippen LogP contribution is -2.38. The predicted octanol–water partition coefficient (Wildman–Crippen LogP) is 3.52. The Labute approximate surface area is 168 Å². The number of imidazole rings is 1. The molecule has 2 aromatic carbocycles. The lowest BCUT2D eigenvalue weighted by molar-refractivity contribution is 0.629. The monoisotopic (exact) mass is 392 g/mol. The van der Waals surface area contributed by atoms with Crippen molar-refractivity contribution in [1.29, 1.82) is 0 Å². The third kappa shape index (κ3) is 4.56. The van der Waals surface area contributed by atoms with Crippen LogP contribution in [0.15, 0.2) is 53.7 Å². The van der Waals surface area contributed by atoms with Crippen LogP contribution in [0, 0.1) is 5.82 Å². The van der Waals surface area contributed by atoms with Gasteiger partial charge in [0.1, 0.15) is 11.6 Å². The number of aromatic amines is 2. The molecule has 6 nitrogen and oxygen atoms in total. The van der Waals surface area contributed by atoms with Crippen LogP contribution in [0.3, 0.4) is 0 Å². The third-order valence-electron chi connectivity index (χ3n) is 4.82. The van der Waals surface area contributed by atoms with E-state index < -0.39 is 0 Å². The van der Waals surface area contributed by atoms with Gasteiger partial charge in [-0.1, -0.05) is 12.1 Å². The molecule has 0 atom stereocenters. The zero-order valence-corrected chi connectivity index (χ0v) is 16.4. The van der Waals surface area contributed by atoms with Gasteiger partial charge in [0, 0.05) is 43.2 Å². The molecule has 4 aromatic rings. The molecule has 0 amide bonds. The van der Waals surface area contributed by atoms with Gasteiger partial charge in [-0.25, -0.2) is 9.37 Å². The van der Waals surface area contributed by atoms with E-state index in [0.717, 1.165) is 65.2 Å². The van der Waals surface area contributed by atoms with Crippen LogP contribution in [0.1, 0.15) is 18.3 Å². The number of rotatable bonds is 7. The van der Waals surface area contributed by atoms with Crippen LogP contribution in [0.2, 0.25) is 0 Å². The molecular formula is C22H25FN6. The van der Waals surface area contributed by atoms with Gasteiger partial charge in [-0.3, -0.25) is 4.99 Å². The Hall–Kier alpha value is -3.35. The van der Waals surface area contributed by atoms with E-state index in [2.05, 4.69) is 30.6 Å². The van der Waals surface area contributed by atoms with Crippen molar-refractivity contribution in [3.8, 4) is 0 Å². The maximum atomic E-state index is 13.3. The van der Waals surface area contributed by atoms with Gasteiger partial charge in [-0.05, 0) is 49.2 Å². The second-order valence-corrected chi connectivity index (χ2v) is 6.89. The molecule has 7 heteroatoms. The fourth-order valence-corrected chi connectivity index (χ4v) is 3.42. The topological polar surface area (TPSA) is 80.9 Å². The Balaban J connectivity index is 1.33. The van der Waals surface area contributed by atoms with Crippen molar-refractivity contribution in [2.24, 2.45) is 4.99 Å². The van der Waals surface area contributed by atoms with Crippen LogP contribution < -0.4 is 10.6 Å². The molecule has 150 valence electrons. The molecule has 0 saturated carbocycles. The number of hydrogen-bond donors (Lipinski definition) is 4. The molecule has 0 unspecified atom stereocenters.